The van der Waals surface area contributed by atoms with Crippen molar-refractivity contribution in [1.82, 2.24) is 14.9 Å². The molecule has 1 N–H and O–H groups in total. The standard InChI is InChI=1S/C15H19N3/c1-12-16-8-9-18(12)11-14-4-2-13(3-5-14)10-17-15-6-7-15/h2-5,8-9,15,17H,6-7,10-11H2,1H3. The summed E-state index contributed by atoms with van der Waals surface area (Å²) >= 11 is 0. The van der Waals surface area contributed by atoms with Crippen molar-refractivity contribution in [3.63, 3.8) is 0 Å². The normalized spacial score (nSPS) is 14.9. The number of imidazole rings is 1. The summed E-state index contributed by atoms with van der Waals surface area (Å²) in [5.74, 6) is 1.06. The summed E-state index contributed by atoms with van der Waals surface area (Å²) in [6, 6.07) is 9.64. The van der Waals surface area contributed by atoms with Crippen LogP contribution in [0.5, 0.6) is 0 Å². The molecule has 1 aromatic heterocycles. The Morgan fingerprint density at radius 1 is 1.22 bits per heavy atom. The molecule has 0 amide bonds. The molecule has 94 valence electrons. The number of nitrogens with zero attached hydrogens (tertiary/aromatic N) is 2. The van der Waals surface area contributed by atoms with Crippen LogP contribution in [0.1, 0.15) is 29.8 Å². The van der Waals surface area contributed by atoms with Crippen LogP contribution in [0.25, 0.3) is 0 Å². The van der Waals surface area contributed by atoms with E-state index in [9.17, 15) is 0 Å². The van der Waals surface area contributed by atoms with Crippen molar-refractivity contribution < 1.29 is 0 Å². The molecular formula is C15H19N3. The van der Waals surface area contributed by atoms with E-state index in [2.05, 4.69) is 39.1 Å². The minimum atomic E-state index is 0.776. The first-order valence-corrected chi connectivity index (χ1v) is 6.60. The summed E-state index contributed by atoms with van der Waals surface area (Å²) in [6.45, 7) is 3.94. The van der Waals surface area contributed by atoms with E-state index in [4.69, 9.17) is 0 Å². The smallest absolute Gasteiger partial charge is 0.105 e. The third kappa shape index (κ3) is 2.79. The van der Waals surface area contributed by atoms with Gasteiger partial charge in [0.2, 0.25) is 0 Å². The molecule has 1 fully saturated rings. The molecule has 0 saturated heterocycles. The van der Waals surface area contributed by atoms with Gasteiger partial charge in [0.15, 0.2) is 0 Å². The number of rotatable bonds is 5. The van der Waals surface area contributed by atoms with E-state index < -0.39 is 0 Å². The number of aromatic nitrogens is 2. The largest absolute Gasteiger partial charge is 0.331 e. The van der Waals surface area contributed by atoms with Crippen LogP contribution in [0.4, 0.5) is 0 Å². The maximum Gasteiger partial charge on any atom is 0.105 e. The van der Waals surface area contributed by atoms with Crippen LogP contribution in [0.3, 0.4) is 0 Å². The van der Waals surface area contributed by atoms with Gasteiger partial charge < -0.3 is 9.88 Å². The Bertz CT molecular complexity index is 509. The zero-order valence-electron chi connectivity index (χ0n) is 10.8. The Balaban J connectivity index is 1.61. The molecule has 1 aliphatic carbocycles. The highest BCUT2D eigenvalue weighted by molar-refractivity contribution is 5.23. The van der Waals surface area contributed by atoms with Gasteiger partial charge in [-0.05, 0) is 30.9 Å². The quantitative estimate of drug-likeness (QED) is 0.871. The molecule has 0 atom stereocenters. The summed E-state index contributed by atoms with van der Waals surface area (Å²) in [4.78, 5) is 4.24. The lowest BCUT2D eigenvalue weighted by atomic mass is 10.1. The second kappa shape index (κ2) is 4.94. The molecule has 0 radical (unpaired) electrons. The molecule has 3 nitrogen and oxygen atoms in total. The molecule has 3 heteroatoms. The molecule has 1 heterocycles. The fourth-order valence-electron chi connectivity index (χ4n) is 2.08. The van der Waals surface area contributed by atoms with Crippen LogP contribution in [-0.4, -0.2) is 15.6 Å². The lowest BCUT2D eigenvalue weighted by Crippen LogP contribution is -2.15. The van der Waals surface area contributed by atoms with E-state index in [0.717, 1.165) is 25.0 Å². The first-order valence-electron chi connectivity index (χ1n) is 6.60. The molecule has 1 saturated carbocycles. The van der Waals surface area contributed by atoms with Crippen molar-refractivity contribution in [3.8, 4) is 0 Å². The minimum Gasteiger partial charge on any atom is -0.331 e. The summed E-state index contributed by atoms with van der Waals surface area (Å²) in [6.07, 6.45) is 6.57. The molecule has 1 aromatic carbocycles. The number of hydrogen-bond donors (Lipinski definition) is 1. The van der Waals surface area contributed by atoms with Crippen molar-refractivity contribution >= 4 is 0 Å². The summed E-state index contributed by atoms with van der Waals surface area (Å²) in [5, 5.41) is 3.53. The maximum atomic E-state index is 4.24. The highest BCUT2D eigenvalue weighted by Gasteiger charge is 2.19. The van der Waals surface area contributed by atoms with Crippen LogP contribution in [0.2, 0.25) is 0 Å². The van der Waals surface area contributed by atoms with Gasteiger partial charge in [-0.3, -0.25) is 0 Å². The highest BCUT2D eigenvalue weighted by Crippen LogP contribution is 2.19. The molecule has 2 aromatic rings. The summed E-state index contributed by atoms with van der Waals surface area (Å²) < 4.78 is 2.16. The highest BCUT2D eigenvalue weighted by atomic mass is 15.0. The van der Waals surface area contributed by atoms with Crippen molar-refractivity contribution in [2.45, 2.75) is 38.9 Å². The van der Waals surface area contributed by atoms with Gasteiger partial charge in [0.1, 0.15) is 5.82 Å². The van der Waals surface area contributed by atoms with Gasteiger partial charge in [0.25, 0.3) is 0 Å². The summed E-state index contributed by atoms with van der Waals surface area (Å²) in [5.41, 5.74) is 2.69. The fourth-order valence-corrected chi connectivity index (χ4v) is 2.08. The summed E-state index contributed by atoms with van der Waals surface area (Å²) in [7, 11) is 0. The molecular weight excluding hydrogens is 222 g/mol. The van der Waals surface area contributed by atoms with Crippen LogP contribution < -0.4 is 5.32 Å². The lowest BCUT2D eigenvalue weighted by molar-refractivity contribution is 0.687. The minimum absolute atomic E-state index is 0.776. The predicted molar refractivity (Wildman–Crippen MR) is 72.4 cm³/mol. The van der Waals surface area contributed by atoms with Crippen LogP contribution in [0.15, 0.2) is 36.7 Å². The van der Waals surface area contributed by atoms with E-state index in [-0.39, 0.29) is 0 Å². The Kier molecular flexibility index (Phi) is 3.15. The van der Waals surface area contributed by atoms with Crippen molar-refractivity contribution in [3.05, 3.63) is 53.6 Å². The topological polar surface area (TPSA) is 29.9 Å². The van der Waals surface area contributed by atoms with Crippen molar-refractivity contribution in [2.75, 3.05) is 0 Å². The van der Waals surface area contributed by atoms with Gasteiger partial charge in [-0.25, -0.2) is 4.98 Å². The van der Waals surface area contributed by atoms with Crippen LogP contribution in [-0.2, 0) is 13.1 Å². The van der Waals surface area contributed by atoms with E-state index in [1.54, 1.807) is 0 Å². The van der Waals surface area contributed by atoms with E-state index in [0.29, 0.717) is 0 Å². The zero-order chi connectivity index (χ0) is 12.4. The molecule has 0 bridgehead atoms. The second-order valence-corrected chi connectivity index (χ2v) is 5.07. The van der Waals surface area contributed by atoms with Gasteiger partial charge in [-0.15, -0.1) is 0 Å². The van der Waals surface area contributed by atoms with Crippen LogP contribution in [0, 0.1) is 6.92 Å². The predicted octanol–water partition coefficient (Wildman–Crippen LogP) is 2.49. The Morgan fingerprint density at radius 3 is 2.56 bits per heavy atom. The van der Waals surface area contributed by atoms with Crippen molar-refractivity contribution in [2.24, 2.45) is 0 Å². The Hall–Kier alpha value is -1.61. The van der Waals surface area contributed by atoms with E-state index in [1.807, 2.05) is 19.3 Å². The second-order valence-electron chi connectivity index (χ2n) is 5.07. The molecule has 1 aliphatic rings. The lowest BCUT2D eigenvalue weighted by Gasteiger charge is -2.07. The van der Waals surface area contributed by atoms with E-state index >= 15 is 0 Å². The first kappa shape index (κ1) is 11.5. The number of aryl methyl sites for hydroxylation is 1. The molecule has 3 rings (SSSR count). The molecule has 18 heavy (non-hydrogen) atoms. The number of benzene rings is 1. The van der Waals surface area contributed by atoms with Gasteiger partial charge in [0.05, 0.1) is 0 Å². The molecule has 0 unspecified atom stereocenters. The fraction of sp³-hybridized carbons (Fsp3) is 0.400. The monoisotopic (exact) mass is 241 g/mol. The van der Waals surface area contributed by atoms with Crippen LogP contribution >= 0.6 is 0 Å². The molecule has 0 spiro atoms. The Morgan fingerprint density at radius 2 is 1.94 bits per heavy atom. The Labute approximate surface area is 108 Å². The van der Waals surface area contributed by atoms with Gasteiger partial charge in [-0.2, -0.15) is 0 Å². The molecule has 0 aliphatic heterocycles. The maximum absolute atomic E-state index is 4.24. The third-order valence-corrected chi connectivity index (χ3v) is 3.47. The average molecular weight is 241 g/mol. The SMILES string of the molecule is Cc1nccn1Cc1ccc(CNC2CC2)cc1. The number of hydrogen-bond acceptors (Lipinski definition) is 2. The third-order valence-electron chi connectivity index (χ3n) is 3.47. The van der Waals surface area contributed by atoms with Gasteiger partial charge >= 0.3 is 0 Å². The van der Waals surface area contributed by atoms with Crippen molar-refractivity contribution in [1.29, 1.82) is 0 Å². The average Bonchev–Trinajstić information content (AvgIpc) is 3.13. The number of nitrogens with one attached hydrogen (secondary N) is 1. The first-order chi connectivity index (χ1) is 8.81. The van der Waals surface area contributed by atoms with Gasteiger partial charge in [0, 0.05) is 31.5 Å². The van der Waals surface area contributed by atoms with Gasteiger partial charge in [-0.1, -0.05) is 24.3 Å². The zero-order valence-corrected chi connectivity index (χ0v) is 10.8. The van der Waals surface area contributed by atoms with E-state index in [1.165, 1.54) is 24.0 Å².